The molecule has 9 heteroatoms. The van der Waals surface area contributed by atoms with Crippen molar-refractivity contribution in [3.05, 3.63) is 21.7 Å². The number of fused-ring (bicyclic) bond motifs is 1. The van der Waals surface area contributed by atoms with E-state index in [4.69, 9.17) is 0 Å². The van der Waals surface area contributed by atoms with Gasteiger partial charge >= 0.3 is 5.82 Å². The molecule has 2 N–H and O–H groups in total. The third-order valence-electron chi connectivity index (χ3n) is 2.28. The Kier molecular flexibility index (Phi) is 3.65. The van der Waals surface area contributed by atoms with Gasteiger partial charge in [-0.3, -0.25) is 4.79 Å². The number of nitrogens with zero attached hydrogens (tertiary/aromatic N) is 3. The minimum atomic E-state index is -0.518. The van der Waals surface area contributed by atoms with Gasteiger partial charge in [0.05, 0.1) is 6.54 Å². The maximum absolute atomic E-state index is 11.5. The number of carbonyl (C=O) groups excluding carboxylic acids is 1. The summed E-state index contributed by atoms with van der Waals surface area (Å²) in [6, 6.07) is 0.0229. The monoisotopic (exact) mass is 283 g/mol. The highest BCUT2D eigenvalue weighted by atomic mass is 32.1. The van der Waals surface area contributed by atoms with E-state index in [1.54, 1.807) is 11.6 Å². The lowest BCUT2D eigenvalue weighted by Crippen LogP contribution is -2.34. The number of nitrogens with one attached hydrogen (secondary N) is 2. The van der Waals surface area contributed by atoms with Gasteiger partial charge in [0, 0.05) is 11.4 Å². The highest BCUT2D eigenvalue weighted by Gasteiger charge is 2.23. The topological polar surface area (TPSA) is 102 Å². The molecule has 0 spiro atoms. The second kappa shape index (κ2) is 5.22. The van der Waals surface area contributed by atoms with Crippen molar-refractivity contribution in [2.24, 2.45) is 0 Å². The molecular weight excluding hydrogens is 270 g/mol. The highest BCUT2D eigenvalue weighted by molar-refractivity contribution is 7.15. The zero-order chi connectivity index (χ0) is 14.0. The average Bonchev–Trinajstić information content (AvgIpc) is 2.83. The maximum Gasteiger partial charge on any atom is 0.372 e. The number of carbonyl (C=O) groups is 1. The molecule has 0 aliphatic carbocycles. The van der Waals surface area contributed by atoms with Crippen molar-refractivity contribution in [3.8, 4) is 0 Å². The largest absolute Gasteiger partial charge is 0.372 e. The third kappa shape index (κ3) is 2.81. The predicted octanol–water partition coefficient (Wildman–Crippen LogP) is 1.24. The van der Waals surface area contributed by atoms with Gasteiger partial charge in [-0.2, -0.15) is 9.38 Å². The van der Waals surface area contributed by atoms with Crippen LogP contribution >= 0.6 is 11.3 Å². The molecule has 102 valence electrons. The van der Waals surface area contributed by atoms with Crippen LogP contribution in [0.1, 0.15) is 13.8 Å². The summed E-state index contributed by atoms with van der Waals surface area (Å²) in [6.45, 7) is 3.63. The van der Waals surface area contributed by atoms with Gasteiger partial charge in [0.1, 0.15) is 6.20 Å². The van der Waals surface area contributed by atoms with Gasteiger partial charge in [-0.05, 0) is 18.8 Å². The molecule has 0 aliphatic heterocycles. The number of thiazole rings is 1. The first-order valence-electron chi connectivity index (χ1n) is 5.62. The molecule has 0 radical (unpaired) electrons. The summed E-state index contributed by atoms with van der Waals surface area (Å²) < 4.78 is 1.38. The Hall–Kier alpha value is -2.16. The van der Waals surface area contributed by atoms with Crippen molar-refractivity contribution in [1.82, 2.24) is 14.7 Å². The van der Waals surface area contributed by atoms with Crippen LogP contribution in [0, 0.1) is 10.1 Å². The number of aromatic nitrogens is 2. The first-order chi connectivity index (χ1) is 8.99. The summed E-state index contributed by atoms with van der Waals surface area (Å²) in [7, 11) is 0. The second-order valence-corrected chi connectivity index (χ2v) is 5.05. The normalized spacial score (nSPS) is 10.9. The van der Waals surface area contributed by atoms with Gasteiger partial charge in [0.25, 0.3) is 4.96 Å². The number of amides is 1. The van der Waals surface area contributed by atoms with Gasteiger partial charge in [0.15, 0.2) is 0 Å². The van der Waals surface area contributed by atoms with E-state index >= 15 is 0 Å². The molecule has 0 aromatic carbocycles. The Morgan fingerprint density at radius 1 is 1.63 bits per heavy atom. The van der Waals surface area contributed by atoms with Crippen molar-refractivity contribution in [2.45, 2.75) is 19.9 Å². The minimum absolute atomic E-state index is 0.0229. The molecule has 0 saturated heterocycles. The molecular formula is C10H13N5O3S. The van der Waals surface area contributed by atoms with Crippen molar-refractivity contribution in [2.75, 3.05) is 11.9 Å². The average molecular weight is 283 g/mol. The van der Waals surface area contributed by atoms with Crippen LogP contribution in [0.25, 0.3) is 4.96 Å². The lowest BCUT2D eigenvalue weighted by molar-refractivity contribution is -0.389. The second-order valence-electron chi connectivity index (χ2n) is 4.17. The molecule has 2 heterocycles. The van der Waals surface area contributed by atoms with Crippen LogP contribution in [0.3, 0.4) is 0 Å². The number of hydrogen-bond donors (Lipinski definition) is 2. The first-order valence-corrected chi connectivity index (χ1v) is 6.50. The smallest absolute Gasteiger partial charge is 0.358 e. The SMILES string of the molecule is CC(C)NC(=O)CNc1nc2sccn2c1[N+](=O)[O-]. The Bertz CT molecular complexity index is 618. The van der Waals surface area contributed by atoms with E-state index in [0.29, 0.717) is 4.96 Å². The Morgan fingerprint density at radius 2 is 2.37 bits per heavy atom. The third-order valence-corrected chi connectivity index (χ3v) is 3.03. The van der Waals surface area contributed by atoms with E-state index < -0.39 is 4.92 Å². The number of nitro groups is 1. The van der Waals surface area contributed by atoms with Crippen LogP contribution in [0.4, 0.5) is 11.6 Å². The lowest BCUT2D eigenvalue weighted by atomic mass is 10.4. The van der Waals surface area contributed by atoms with Crippen molar-refractivity contribution >= 4 is 33.8 Å². The van der Waals surface area contributed by atoms with E-state index in [-0.39, 0.29) is 30.1 Å². The van der Waals surface area contributed by atoms with Crippen LogP contribution in [-0.2, 0) is 4.79 Å². The quantitative estimate of drug-likeness (QED) is 0.635. The molecule has 0 saturated carbocycles. The zero-order valence-corrected chi connectivity index (χ0v) is 11.2. The van der Waals surface area contributed by atoms with Crippen molar-refractivity contribution < 1.29 is 9.72 Å². The van der Waals surface area contributed by atoms with E-state index in [0.717, 1.165) is 0 Å². The van der Waals surface area contributed by atoms with Crippen molar-refractivity contribution in [1.29, 1.82) is 0 Å². The Balaban J connectivity index is 2.16. The number of imidazole rings is 1. The van der Waals surface area contributed by atoms with Crippen LogP contribution in [0.5, 0.6) is 0 Å². The Morgan fingerprint density at radius 3 is 3.00 bits per heavy atom. The fourth-order valence-corrected chi connectivity index (χ4v) is 2.31. The summed E-state index contributed by atoms with van der Waals surface area (Å²) >= 11 is 1.29. The summed E-state index contributed by atoms with van der Waals surface area (Å²) in [5.74, 6) is -0.287. The van der Waals surface area contributed by atoms with Gasteiger partial charge in [0.2, 0.25) is 11.7 Å². The van der Waals surface area contributed by atoms with Gasteiger partial charge in [-0.25, -0.2) is 0 Å². The molecule has 2 aromatic rings. The van der Waals surface area contributed by atoms with Crippen molar-refractivity contribution in [3.63, 3.8) is 0 Å². The maximum atomic E-state index is 11.5. The summed E-state index contributed by atoms with van der Waals surface area (Å²) in [4.78, 5) is 26.6. The fourth-order valence-electron chi connectivity index (χ4n) is 1.60. The lowest BCUT2D eigenvalue weighted by Gasteiger charge is -2.08. The van der Waals surface area contributed by atoms with Gasteiger partial charge < -0.3 is 20.7 Å². The Labute approximate surface area is 112 Å². The molecule has 2 rings (SSSR count). The molecule has 0 atom stereocenters. The number of anilines is 1. The molecule has 0 unspecified atom stereocenters. The fraction of sp³-hybridized carbons (Fsp3) is 0.400. The first kappa shape index (κ1) is 13.3. The molecule has 0 aliphatic rings. The molecule has 0 fully saturated rings. The van der Waals surface area contributed by atoms with Crippen LogP contribution in [-0.4, -0.2) is 32.8 Å². The summed E-state index contributed by atoms with van der Waals surface area (Å²) in [5, 5.41) is 18.1. The van der Waals surface area contributed by atoms with Crippen LogP contribution in [0.15, 0.2) is 11.6 Å². The van der Waals surface area contributed by atoms with E-state index in [9.17, 15) is 14.9 Å². The predicted molar refractivity (Wildman–Crippen MR) is 71.5 cm³/mol. The molecule has 1 amide bonds. The summed E-state index contributed by atoms with van der Waals surface area (Å²) in [6.07, 6.45) is 1.57. The molecule has 2 aromatic heterocycles. The standard InChI is InChI=1S/C10H13N5O3S/c1-6(2)12-7(16)5-11-8-9(15(17)18)14-3-4-19-10(14)13-8/h3-4,6,11H,5H2,1-2H3,(H,12,16). The zero-order valence-electron chi connectivity index (χ0n) is 10.4. The van der Waals surface area contributed by atoms with E-state index in [1.165, 1.54) is 15.7 Å². The van der Waals surface area contributed by atoms with Crippen LogP contribution in [0.2, 0.25) is 0 Å². The molecule has 19 heavy (non-hydrogen) atoms. The number of rotatable bonds is 5. The number of hydrogen-bond acceptors (Lipinski definition) is 6. The highest BCUT2D eigenvalue weighted by Crippen LogP contribution is 2.27. The minimum Gasteiger partial charge on any atom is -0.358 e. The van der Waals surface area contributed by atoms with Gasteiger partial charge in [-0.1, -0.05) is 11.3 Å². The van der Waals surface area contributed by atoms with E-state index in [2.05, 4.69) is 15.6 Å². The molecule has 8 nitrogen and oxygen atoms in total. The van der Waals surface area contributed by atoms with E-state index in [1.807, 2.05) is 13.8 Å². The van der Waals surface area contributed by atoms with Crippen LogP contribution < -0.4 is 10.6 Å². The summed E-state index contributed by atoms with van der Waals surface area (Å²) in [5.41, 5.74) is 0. The molecule has 0 bridgehead atoms. The van der Waals surface area contributed by atoms with Gasteiger partial charge in [-0.15, -0.1) is 0 Å².